The molecule has 0 atom stereocenters. The van der Waals surface area contributed by atoms with Crippen molar-refractivity contribution in [2.24, 2.45) is 0 Å². The van der Waals surface area contributed by atoms with Gasteiger partial charge in [-0.3, -0.25) is 9.58 Å². The summed E-state index contributed by atoms with van der Waals surface area (Å²) in [6, 6.07) is 0. The van der Waals surface area contributed by atoms with Crippen molar-refractivity contribution in [3.8, 4) is 0 Å². The highest BCUT2D eigenvalue weighted by Gasteiger charge is 2.18. The second-order valence-corrected chi connectivity index (χ2v) is 7.50. The molecule has 6 nitrogen and oxygen atoms in total. The van der Waals surface area contributed by atoms with Crippen molar-refractivity contribution >= 4 is 11.5 Å². The van der Waals surface area contributed by atoms with Gasteiger partial charge < -0.3 is 15.5 Å². The fourth-order valence-corrected chi connectivity index (χ4v) is 3.28. The molecule has 0 fully saturated rings. The molecule has 0 unspecified atom stereocenters. The van der Waals surface area contributed by atoms with E-state index in [-0.39, 0.29) is 7.43 Å². The van der Waals surface area contributed by atoms with Crippen LogP contribution in [-0.2, 0) is 13.0 Å². The van der Waals surface area contributed by atoms with E-state index < -0.39 is 0 Å². The maximum absolute atomic E-state index is 6.23. The number of nitrogens with two attached hydrogens (primary N) is 1. The van der Waals surface area contributed by atoms with Gasteiger partial charge in [0.25, 0.3) is 0 Å². The Bertz CT molecular complexity index is 494. The van der Waals surface area contributed by atoms with E-state index >= 15 is 0 Å². The quantitative estimate of drug-likeness (QED) is 0.678. The summed E-state index contributed by atoms with van der Waals surface area (Å²) in [5, 5.41) is 8.04. The second-order valence-electron chi connectivity index (χ2n) is 7.50. The Hall–Kier alpha value is -1.27. The Morgan fingerprint density at radius 2 is 2.00 bits per heavy atom. The summed E-state index contributed by atoms with van der Waals surface area (Å²) in [6.07, 6.45) is 4.74. The van der Waals surface area contributed by atoms with E-state index in [1.807, 2.05) is 0 Å². The van der Waals surface area contributed by atoms with E-state index in [2.05, 4.69) is 48.1 Å². The lowest BCUT2D eigenvalue weighted by Gasteiger charge is -2.31. The number of hydrogen-bond donors (Lipinski definition) is 2. The van der Waals surface area contributed by atoms with Gasteiger partial charge in [0.1, 0.15) is 0 Å². The van der Waals surface area contributed by atoms with Crippen molar-refractivity contribution in [2.45, 2.75) is 46.6 Å². The predicted octanol–water partition coefficient (Wildman–Crippen LogP) is 2.27. The molecule has 2 rings (SSSR count). The van der Waals surface area contributed by atoms with Crippen LogP contribution in [0.15, 0.2) is 0 Å². The van der Waals surface area contributed by atoms with Crippen LogP contribution in [0.4, 0.5) is 11.5 Å². The van der Waals surface area contributed by atoms with Gasteiger partial charge in [0, 0.05) is 26.2 Å². The lowest BCUT2D eigenvalue weighted by Crippen LogP contribution is -2.45. The van der Waals surface area contributed by atoms with E-state index in [1.165, 1.54) is 38.0 Å². The summed E-state index contributed by atoms with van der Waals surface area (Å²) < 4.78 is 3.17. The molecule has 1 aliphatic heterocycles. The zero-order valence-corrected chi connectivity index (χ0v) is 15.4. The first-order valence-corrected chi connectivity index (χ1v) is 9.02. The zero-order valence-electron chi connectivity index (χ0n) is 15.4. The summed E-state index contributed by atoms with van der Waals surface area (Å²) in [6.45, 7) is 8.69. The van der Waals surface area contributed by atoms with Gasteiger partial charge in [-0.1, -0.05) is 14.4 Å². The molecular formula is C18H39N6+. The largest absolute Gasteiger partial charge is 0.394 e. The number of anilines is 2. The predicted molar refractivity (Wildman–Crippen MR) is 104 cm³/mol. The van der Waals surface area contributed by atoms with Crippen LogP contribution >= 0.6 is 0 Å². The van der Waals surface area contributed by atoms with E-state index in [0.717, 1.165) is 48.6 Å². The molecule has 1 aromatic rings. The van der Waals surface area contributed by atoms with Crippen molar-refractivity contribution < 1.29 is 4.48 Å². The number of rotatable bonds is 9. The van der Waals surface area contributed by atoms with Crippen molar-refractivity contribution in [1.82, 2.24) is 14.7 Å². The van der Waals surface area contributed by atoms with E-state index in [1.54, 1.807) is 0 Å². The standard InChI is InChI=1S/C17H35N6.CH4/c1-5-13-23(3,4)14-12-21(2)11-9-19-17-16(18)15-8-6-7-10-22(15)20-17;/h5-14,18H2,1-4H3,(H,19,20);1H4/q+1;. The molecule has 140 valence electrons. The lowest BCUT2D eigenvalue weighted by atomic mass is 10.1. The third-order valence-electron chi connectivity index (χ3n) is 4.83. The Balaban J connectivity index is 0.00000288. The fourth-order valence-electron chi connectivity index (χ4n) is 3.28. The van der Waals surface area contributed by atoms with Crippen LogP contribution in [0.3, 0.4) is 0 Å². The number of hydrogen-bond acceptors (Lipinski definition) is 4. The van der Waals surface area contributed by atoms with Crippen LogP contribution in [0, 0.1) is 0 Å². The number of nitrogen functional groups attached to an aromatic ring is 1. The topological polar surface area (TPSA) is 59.1 Å². The van der Waals surface area contributed by atoms with Gasteiger partial charge >= 0.3 is 0 Å². The average molecular weight is 340 g/mol. The Kier molecular flexibility index (Phi) is 8.03. The van der Waals surface area contributed by atoms with Crippen LogP contribution < -0.4 is 11.1 Å². The van der Waals surface area contributed by atoms with Gasteiger partial charge in [0.2, 0.25) is 0 Å². The Morgan fingerprint density at radius 3 is 2.67 bits per heavy atom. The summed E-state index contributed by atoms with van der Waals surface area (Å²) in [4.78, 5) is 2.38. The SMILES string of the molecule is C.CCC[N+](C)(C)CCN(C)CCNc1nn2c(c1N)CCCC2. The molecule has 0 bridgehead atoms. The van der Waals surface area contributed by atoms with Gasteiger partial charge in [0.15, 0.2) is 5.82 Å². The third kappa shape index (κ3) is 5.67. The fraction of sp³-hybridized carbons (Fsp3) is 0.833. The molecule has 1 aromatic heterocycles. The van der Waals surface area contributed by atoms with E-state index in [0.29, 0.717) is 0 Å². The molecule has 1 aliphatic rings. The van der Waals surface area contributed by atoms with Crippen molar-refractivity contribution in [1.29, 1.82) is 0 Å². The highest BCUT2D eigenvalue weighted by Crippen LogP contribution is 2.26. The molecule has 6 heteroatoms. The smallest absolute Gasteiger partial charge is 0.171 e. The first-order chi connectivity index (χ1) is 10.9. The summed E-state index contributed by atoms with van der Waals surface area (Å²) in [7, 11) is 6.81. The molecule has 3 N–H and O–H groups in total. The van der Waals surface area contributed by atoms with E-state index in [9.17, 15) is 0 Å². The van der Waals surface area contributed by atoms with Crippen LogP contribution in [-0.4, -0.2) is 73.0 Å². The maximum atomic E-state index is 6.23. The molecular weight excluding hydrogens is 300 g/mol. The number of nitrogens with zero attached hydrogens (tertiary/aromatic N) is 4. The number of nitrogens with one attached hydrogen (secondary N) is 1. The monoisotopic (exact) mass is 339 g/mol. The minimum Gasteiger partial charge on any atom is -0.394 e. The van der Waals surface area contributed by atoms with Gasteiger partial charge in [-0.05, 0) is 32.7 Å². The molecule has 24 heavy (non-hydrogen) atoms. The Morgan fingerprint density at radius 1 is 1.25 bits per heavy atom. The number of fused-ring (bicyclic) bond motifs is 1. The zero-order chi connectivity index (χ0) is 16.9. The highest BCUT2D eigenvalue weighted by molar-refractivity contribution is 5.64. The number of aromatic nitrogens is 2. The second kappa shape index (κ2) is 9.28. The van der Waals surface area contributed by atoms with Crippen LogP contribution in [0.5, 0.6) is 0 Å². The van der Waals surface area contributed by atoms with Gasteiger partial charge in [0.05, 0.1) is 38.6 Å². The summed E-state index contributed by atoms with van der Waals surface area (Å²) >= 11 is 0. The molecule has 0 spiro atoms. The first kappa shape index (κ1) is 20.8. The maximum Gasteiger partial charge on any atom is 0.171 e. The molecule has 2 heterocycles. The van der Waals surface area contributed by atoms with E-state index in [4.69, 9.17) is 5.73 Å². The third-order valence-corrected chi connectivity index (χ3v) is 4.83. The normalized spacial score (nSPS) is 14.4. The molecule has 0 amide bonds. The number of aryl methyl sites for hydroxylation is 1. The minimum absolute atomic E-state index is 0. The average Bonchev–Trinajstić information content (AvgIpc) is 2.82. The number of quaternary nitrogens is 1. The molecule has 0 radical (unpaired) electrons. The van der Waals surface area contributed by atoms with Gasteiger partial charge in [-0.25, -0.2) is 0 Å². The van der Waals surface area contributed by atoms with Crippen LogP contribution in [0.1, 0.15) is 39.3 Å². The highest BCUT2D eigenvalue weighted by atomic mass is 15.3. The van der Waals surface area contributed by atoms with Gasteiger partial charge in [-0.2, -0.15) is 5.10 Å². The van der Waals surface area contributed by atoms with Crippen molar-refractivity contribution in [3.05, 3.63) is 5.69 Å². The molecule has 0 saturated heterocycles. The number of likely N-dealkylation sites (N-methyl/N-ethyl adjacent to an activating group) is 2. The molecule has 0 aromatic carbocycles. The van der Waals surface area contributed by atoms with Crippen molar-refractivity contribution in [3.63, 3.8) is 0 Å². The molecule has 0 saturated carbocycles. The van der Waals surface area contributed by atoms with Gasteiger partial charge in [-0.15, -0.1) is 0 Å². The van der Waals surface area contributed by atoms with Crippen molar-refractivity contribution in [2.75, 3.05) is 64.9 Å². The lowest BCUT2D eigenvalue weighted by molar-refractivity contribution is -0.889. The van der Waals surface area contributed by atoms with Crippen LogP contribution in [0.2, 0.25) is 0 Å². The summed E-state index contributed by atoms with van der Waals surface area (Å²) in [5.41, 5.74) is 8.30. The van der Waals surface area contributed by atoms with Crippen LogP contribution in [0.25, 0.3) is 0 Å². The minimum atomic E-state index is 0. The molecule has 0 aliphatic carbocycles. The Labute approximate surface area is 148 Å². The summed E-state index contributed by atoms with van der Waals surface area (Å²) in [5.74, 6) is 0.873. The first-order valence-electron chi connectivity index (χ1n) is 9.02.